The van der Waals surface area contributed by atoms with Crippen molar-refractivity contribution in [2.75, 3.05) is 19.8 Å². The van der Waals surface area contributed by atoms with Gasteiger partial charge in [-0.25, -0.2) is 0 Å². The lowest BCUT2D eigenvalue weighted by atomic mass is 9.67. The molecule has 1 aromatic heterocycles. The van der Waals surface area contributed by atoms with Gasteiger partial charge in [-0.1, -0.05) is 37.3 Å². The van der Waals surface area contributed by atoms with Crippen molar-refractivity contribution < 1.29 is 9.15 Å². The number of nitrogens with one attached hydrogen (secondary N) is 1. The predicted molar refractivity (Wildman–Crippen MR) is 83.3 cm³/mol. The summed E-state index contributed by atoms with van der Waals surface area (Å²) in [7, 11) is 0. The van der Waals surface area contributed by atoms with Crippen LogP contribution in [0, 0.1) is 0 Å². The first-order valence-corrected chi connectivity index (χ1v) is 7.75. The molecule has 1 atom stereocenters. The van der Waals surface area contributed by atoms with Gasteiger partial charge in [0.05, 0.1) is 12.5 Å². The molecule has 3 rings (SSSR count). The molecule has 112 valence electrons. The molecule has 3 heteroatoms. The predicted octanol–water partition coefficient (Wildman–Crippen LogP) is 3.68. The summed E-state index contributed by atoms with van der Waals surface area (Å²) in [5, 5.41) is 3.68. The summed E-state index contributed by atoms with van der Waals surface area (Å²) < 4.78 is 11.0. The molecule has 1 fully saturated rings. The molecule has 2 aromatic rings. The number of rotatable bonds is 5. The van der Waals surface area contributed by atoms with Crippen molar-refractivity contribution in [2.24, 2.45) is 0 Å². The lowest BCUT2D eigenvalue weighted by Gasteiger charge is -2.44. The van der Waals surface area contributed by atoms with E-state index in [9.17, 15) is 0 Å². The molecule has 0 aliphatic carbocycles. The highest BCUT2D eigenvalue weighted by molar-refractivity contribution is 5.32. The minimum atomic E-state index is 0.0688. The highest BCUT2D eigenvalue weighted by Crippen LogP contribution is 2.45. The van der Waals surface area contributed by atoms with Gasteiger partial charge in [-0.3, -0.25) is 0 Å². The summed E-state index contributed by atoms with van der Waals surface area (Å²) >= 11 is 0. The molecule has 1 aliphatic heterocycles. The highest BCUT2D eigenvalue weighted by atomic mass is 16.5. The van der Waals surface area contributed by atoms with Gasteiger partial charge in [0.1, 0.15) is 0 Å². The van der Waals surface area contributed by atoms with Crippen LogP contribution in [0.25, 0.3) is 0 Å². The van der Waals surface area contributed by atoms with Crippen LogP contribution >= 0.6 is 0 Å². The Balaban J connectivity index is 2.04. The normalized spacial score (nSPS) is 19.3. The van der Waals surface area contributed by atoms with Crippen LogP contribution in [-0.4, -0.2) is 19.8 Å². The summed E-state index contributed by atoms with van der Waals surface area (Å²) in [6.07, 6.45) is 5.69. The molecule has 2 heterocycles. The molecule has 0 spiro atoms. The molecule has 1 saturated heterocycles. The zero-order chi connectivity index (χ0) is 14.5. The average molecular weight is 285 g/mol. The Morgan fingerprint density at radius 3 is 2.52 bits per heavy atom. The molecule has 3 nitrogen and oxygen atoms in total. The van der Waals surface area contributed by atoms with Crippen molar-refractivity contribution in [3.63, 3.8) is 0 Å². The summed E-state index contributed by atoms with van der Waals surface area (Å²) in [4.78, 5) is 0. The molecule has 0 saturated carbocycles. The van der Waals surface area contributed by atoms with Gasteiger partial charge in [-0.05, 0) is 31.0 Å². The van der Waals surface area contributed by atoms with Crippen LogP contribution in [0.5, 0.6) is 0 Å². The van der Waals surface area contributed by atoms with Gasteiger partial charge in [-0.15, -0.1) is 0 Å². The Kier molecular flexibility index (Phi) is 4.42. The molecule has 1 aromatic carbocycles. The quantitative estimate of drug-likeness (QED) is 0.910. The fourth-order valence-corrected chi connectivity index (χ4v) is 3.53. The molecule has 0 bridgehead atoms. The smallest absolute Gasteiger partial charge is 0.0950 e. The Morgan fingerprint density at radius 1 is 1.14 bits per heavy atom. The molecule has 1 unspecified atom stereocenters. The van der Waals surface area contributed by atoms with Crippen molar-refractivity contribution in [2.45, 2.75) is 31.2 Å². The van der Waals surface area contributed by atoms with Gasteiger partial charge >= 0.3 is 0 Å². The van der Waals surface area contributed by atoms with Gasteiger partial charge in [0, 0.05) is 30.2 Å². The molecular formula is C18H23NO2. The van der Waals surface area contributed by atoms with E-state index < -0.39 is 0 Å². The minimum Gasteiger partial charge on any atom is -0.472 e. The van der Waals surface area contributed by atoms with Crippen LogP contribution in [0.1, 0.15) is 36.9 Å². The summed E-state index contributed by atoms with van der Waals surface area (Å²) in [6.45, 7) is 4.72. The second-order valence-corrected chi connectivity index (χ2v) is 5.68. The van der Waals surface area contributed by atoms with Crippen LogP contribution in [0.4, 0.5) is 0 Å². The Morgan fingerprint density at radius 2 is 1.90 bits per heavy atom. The van der Waals surface area contributed by atoms with E-state index in [0.717, 1.165) is 32.6 Å². The third-order valence-electron chi connectivity index (χ3n) is 4.57. The van der Waals surface area contributed by atoms with E-state index in [-0.39, 0.29) is 11.5 Å². The maximum Gasteiger partial charge on any atom is 0.0950 e. The monoisotopic (exact) mass is 285 g/mol. The van der Waals surface area contributed by atoms with E-state index in [1.807, 2.05) is 6.26 Å². The van der Waals surface area contributed by atoms with Gasteiger partial charge in [0.15, 0.2) is 0 Å². The SMILES string of the molecule is CCNC(c1ccoc1)C1(c2ccccc2)CCOCC1. The number of hydrogen-bond donors (Lipinski definition) is 1. The Labute approximate surface area is 126 Å². The minimum absolute atomic E-state index is 0.0688. The summed E-state index contributed by atoms with van der Waals surface area (Å²) in [6, 6.07) is 13.2. The number of ether oxygens (including phenoxy) is 1. The average Bonchev–Trinajstić information content (AvgIpc) is 3.08. The van der Waals surface area contributed by atoms with Gasteiger partial charge in [0.25, 0.3) is 0 Å². The Bertz CT molecular complexity index is 530. The molecule has 0 radical (unpaired) electrons. The van der Waals surface area contributed by atoms with E-state index in [4.69, 9.17) is 9.15 Å². The van der Waals surface area contributed by atoms with Crippen molar-refractivity contribution in [3.8, 4) is 0 Å². The van der Waals surface area contributed by atoms with E-state index in [0.29, 0.717) is 0 Å². The number of hydrogen-bond acceptors (Lipinski definition) is 3. The fraction of sp³-hybridized carbons (Fsp3) is 0.444. The summed E-state index contributed by atoms with van der Waals surface area (Å²) in [5.41, 5.74) is 2.68. The maximum atomic E-state index is 5.64. The van der Waals surface area contributed by atoms with Crippen LogP contribution in [0.2, 0.25) is 0 Å². The van der Waals surface area contributed by atoms with E-state index in [2.05, 4.69) is 48.6 Å². The molecule has 1 N–H and O–H groups in total. The van der Waals surface area contributed by atoms with Gasteiger partial charge in [-0.2, -0.15) is 0 Å². The first kappa shape index (κ1) is 14.4. The van der Waals surface area contributed by atoms with E-state index in [1.165, 1.54) is 11.1 Å². The second-order valence-electron chi connectivity index (χ2n) is 5.68. The van der Waals surface area contributed by atoms with Crippen LogP contribution in [-0.2, 0) is 10.2 Å². The topological polar surface area (TPSA) is 34.4 Å². The fourth-order valence-electron chi connectivity index (χ4n) is 3.53. The first-order chi connectivity index (χ1) is 10.4. The van der Waals surface area contributed by atoms with Gasteiger partial charge < -0.3 is 14.5 Å². The Hall–Kier alpha value is -1.58. The molecule has 1 aliphatic rings. The zero-order valence-corrected chi connectivity index (χ0v) is 12.5. The van der Waals surface area contributed by atoms with E-state index >= 15 is 0 Å². The van der Waals surface area contributed by atoms with Gasteiger partial charge in [0.2, 0.25) is 0 Å². The maximum absolute atomic E-state index is 5.64. The number of furan rings is 1. The largest absolute Gasteiger partial charge is 0.472 e. The van der Waals surface area contributed by atoms with Crippen molar-refractivity contribution in [1.82, 2.24) is 5.32 Å². The lowest BCUT2D eigenvalue weighted by Crippen LogP contribution is -2.45. The third-order valence-corrected chi connectivity index (χ3v) is 4.57. The van der Waals surface area contributed by atoms with Crippen LogP contribution in [0.15, 0.2) is 53.3 Å². The molecule has 0 amide bonds. The third kappa shape index (κ3) is 2.76. The van der Waals surface area contributed by atoms with Crippen molar-refractivity contribution in [1.29, 1.82) is 0 Å². The number of likely N-dealkylation sites (N-methyl/N-ethyl adjacent to an activating group) is 1. The van der Waals surface area contributed by atoms with Crippen molar-refractivity contribution >= 4 is 0 Å². The zero-order valence-electron chi connectivity index (χ0n) is 12.5. The van der Waals surface area contributed by atoms with E-state index in [1.54, 1.807) is 6.26 Å². The highest BCUT2D eigenvalue weighted by Gasteiger charge is 2.42. The first-order valence-electron chi connectivity index (χ1n) is 7.75. The molecule has 21 heavy (non-hydrogen) atoms. The van der Waals surface area contributed by atoms with Crippen LogP contribution < -0.4 is 5.32 Å². The van der Waals surface area contributed by atoms with Crippen molar-refractivity contribution in [3.05, 3.63) is 60.1 Å². The summed E-state index contributed by atoms with van der Waals surface area (Å²) in [5.74, 6) is 0. The second kappa shape index (κ2) is 6.46. The lowest BCUT2D eigenvalue weighted by molar-refractivity contribution is 0.0341. The van der Waals surface area contributed by atoms with Crippen LogP contribution in [0.3, 0.4) is 0 Å². The standard InChI is InChI=1S/C18H23NO2/c1-2-19-17(15-8-11-21-14-15)18(9-12-20-13-10-18)16-6-4-3-5-7-16/h3-8,11,14,17,19H,2,9-10,12-13H2,1H3. The molecular weight excluding hydrogens is 262 g/mol. The number of benzene rings is 1.